The van der Waals surface area contributed by atoms with Gasteiger partial charge in [-0.15, -0.1) is 13.2 Å². The number of rotatable bonds is 6. The average molecular weight is 447 g/mol. The van der Waals surface area contributed by atoms with Gasteiger partial charge in [-0.25, -0.2) is 4.39 Å². The summed E-state index contributed by atoms with van der Waals surface area (Å²) in [6.45, 7) is 2.25. The van der Waals surface area contributed by atoms with Gasteiger partial charge < -0.3 is 4.74 Å². The van der Waals surface area contributed by atoms with E-state index in [2.05, 4.69) is 35.9 Å². The summed E-state index contributed by atoms with van der Waals surface area (Å²) in [5, 5.41) is 0. The first-order valence-electron chi connectivity index (χ1n) is 11.7. The molecular weight excluding hydrogens is 416 g/mol. The Morgan fingerprint density at radius 3 is 2.34 bits per heavy atom. The SMILES string of the molecule is CCCCC1CCC(c2ccc(C3=CCc4c(ccc(OC(F)(F)F)c4F)C3)cc2)CC1. The van der Waals surface area contributed by atoms with E-state index in [9.17, 15) is 17.6 Å². The van der Waals surface area contributed by atoms with Gasteiger partial charge in [0.1, 0.15) is 0 Å². The number of halogens is 4. The Morgan fingerprint density at radius 1 is 0.969 bits per heavy atom. The van der Waals surface area contributed by atoms with Gasteiger partial charge >= 0.3 is 6.36 Å². The van der Waals surface area contributed by atoms with Crippen molar-refractivity contribution in [2.24, 2.45) is 5.92 Å². The largest absolute Gasteiger partial charge is 0.573 e. The molecule has 0 aliphatic heterocycles. The van der Waals surface area contributed by atoms with Crippen LogP contribution in [-0.4, -0.2) is 6.36 Å². The summed E-state index contributed by atoms with van der Waals surface area (Å²) in [5.41, 5.74) is 4.55. The lowest BCUT2D eigenvalue weighted by atomic mass is 9.77. The molecule has 2 aromatic rings. The summed E-state index contributed by atoms with van der Waals surface area (Å²) in [6.07, 6.45) is 6.89. The number of hydrogen-bond acceptors (Lipinski definition) is 1. The van der Waals surface area contributed by atoms with Crippen molar-refractivity contribution in [3.8, 4) is 5.75 Å². The summed E-state index contributed by atoms with van der Waals surface area (Å²) in [4.78, 5) is 0. The van der Waals surface area contributed by atoms with Crippen LogP contribution in [0.3, 0.4) is 0 Å². The van der Waals surface area contributed by atoms with Gasteiger partial charge in [0, 0.05) is 0 Å². The standard InChI is InChI=1S/C27H30F4O/c1-2-3-4-18-5-7-19(8-6-18)20-9-11-21(12-10-20)22-13-15-24-23(17-22)14-16-25(26(24)28)32-27(29,30)31/h9-14,16,18-19H,2-8,15,17H2,1H3. The molecule has 4 rings (SSSR count). The van der Waals surface area contributed by atoms with Crippen LogP contribution in [0.5, 0.6) is 5.75 Å². The Bertz CT molecular complexity index is 951. The Kier molecular flexibility index (Phi) is 6.92. The second-order valence-electron chi connectivity index (χ2n) is 9.16. The molecule has 0 N–H and O–H groups in total. The van der Waals surface area contributed by atoms with E-state index in [4.69, 9.17) is 0 Å². The number of hydrogen-bond donors (Lipinski definition) is 0. The van der Waals surface area contributed by atoms with Crippen LogP contribution in [-0.2, 0) is 12.8 Å². The number of unbranched alkanes of at least 4 members (excludes halogenated alkanes) is 1. The normalized spacial score (nSPS) is 21.1. The van der Waals surface area contributed by atoms with Crippen molar-refractivity contribution < 1.29 is 22.3 Å². The Hall–Kier alpha value is -2.30. The highest BCUT2D eigenvalue weighted by Gasteiger charge is 2.33. The number of alkyl halides is 3. The van der Waals surface area contributed by atoms with Crippen molar-refractivity contribution in [3.05, 3.63) is 70.5 Å². The van der Waals surface area contributed by atoms with E-state index < -0.39 is 17.9 Å². The fourth-order valence-electron chi connectivity index (χ4n) is 5.20. The van der Waals surface area contributed by atoms with E-state index in [0.717, 1.165) is 23.1 Å². The van der Waals surface area contributed by atoms with Crippen molar-refractivity contribution in [2.45, 2.75) is 77.0 Å². The first-order chi connectivity index (χ1) is 15.3. The molecule has 0 radical (unpaired) electrons. The maximum absolute atomic E-state index is 14.5. The van der Waals surface area contributed by atoms with Crippen LogP contribution >= 0.6 is 0 Å². The zero-order valence-electron chi connectivity index (χ0n) is 18.5. The fraction of sp³-hybridized carbons (Fsp3) is 0.481. The highest BCUT2D eigenvalue weighted by atomic mass is 19.4. The van der Waals surface area contributed by atoms with Crippen LogP contribution in [0, 0.1) is 11.7 Å². The van der Waals surface area contributed by atoms with Crippen molar-refractivity contribution in [1.82, 2.24) is 0 Å². The van der Waals surface area contributed by atoms with E-state index in [-0.39, 0.29) is 12.0 Å². The van der Waals surface area contributed by atoms with Crippen LogP contribution in [0.1, 0.15) is 80.0 Å². The summed E-state index contributed by atoms with van der Waals surface area (Å²) in [6, 6.07) is 11.3. The molecule has 172 valence electrons. The van der Waals surface area contributed by atoms with Gasteiger partial charge in [0.15, 0.2) is 11.6 Å². The van der Waals surface area contributed by atoms with Crippen molar-refractivity contribution in [3.63, 3.8) is 0 Å². The molecule has 0 amide bonds. The van der Waals surface area contributed by atoms with Crippen molar-refractivity contribution in [1.29, 1.82) is 0 Å². The van der Waals surface area contributed by atoms with Gasteiger partial charge in [0.2, 0.25) is 0 Å². The molecule has 2 aliphatic rings. The third kappa shape index (κ3) is 5.36. The molecule has 0 unspecified atom stereocenters. The topological polar surface area (TPSA) is 9.23 Å². The molecule has 5 heteroatoms. The quantitative estimate of drug-likeness (QED) is 0.405. The lowest BCUT2D eigenvalue weighted by molar-refractivity contribution is -0.275. The number of fused-ring (bicyclic) bond motifs is 1. The minimum absolute atomic E-state index is 0.259. The van der Waals surface area contributed by atoms with Crippen LogP contribution in [0.25, 0.3) is 5.57 Å². The molecule has 0 saturated heterocycles. The van der Waals surface area contributed by atoms with Gasteiger partial charge in [0.05, 0.1) is 0 Å². The maximum atomic E-state index is 14.5. The van der Waals surface area contributed by atoms with Gasteiger partial charge in [-0.1, -0.05) is 62.6 Å². The monoisotopic (exact) mass is 446 g/mol. The Labute approximate surface area is 187 Å². The average Bonchev–Trinajstić information content (AvgIpc) is 2.79. The van der Waals surface area contributed by atoms with Crippen LogP contribution in [0.4, 0.5) is 17.6 Å². The Morgan fingerprint density at radius 2 is 1.69 bits per heavy atom. The number of allylic oxidation sites excluding steroid dienone is 2. The van der Waals surface area contributed by atoms with Gasteiger partial charge in [-0.3, -0.25) is 0 Å². The molecule has 1 fully saturated rings. The van der Waals surface area contributed by atoms with Crippen molar-refractivity contribution >= 4 is 5.57 Å². The predicted octanol–water partition coefficient (Wildman–Crippen LogP) is 8.37. The van der Waals surface area contributed by atoms with E-state index in [1.54, 1.807) is 0 Å². The first kappa shape index (κ1) is 22.9. The second-order valence-corrected chi connectivity index (χ2v) is 9.16. The van der Waals surface area contributed by atoms with Gasteiger partial charge in [0.25, 0.3) is 0 Å². The fourth-order valence-corrected chi connectivity index (χ4v) is 5.20. The number of benzene rings is 2. The Balaban J connectivity index is 1.41. The molecule has 2 aliphatic carbocycles. The molecular formula is C27H30F4O. The van der Waals surface area contributed by atoms with Crippen LogP contribution in [0.15, 0.2) is 42.5 Å². The molecule has 1 nitrogen and oxygen atoms in total. The van der Waals surface area contributed by atoms with E-state index in [0.29, 0.717) is 17.9 Å². The maximum Gasteiger partial charge on any atom is 0.573 e. The summed E-state index contributed by atoms with van der Waals surface area (Å²) in [7, 11) is 0. The summed E-state index contributed by atoms with van der Waals surface area (Å²) >= 11 is 0. The molecule has 2 aromatic carbocycles. The van der Waals surface area contributed by atoms with Crippen LogP contribution in [0.2, 0.25) is 0 Å². The lowest BCUT2D eigenvalue weighted by Crippen LogP contribution is -2.19. The predicted molar refractivity (Wildman–Crippen MR) is 119 cm³/mol. The molecule has 0 aromatic heterocycles. The van der Waals surface area contributed by atoms with E-state index in [1.165, 1.54) is 56.6 Å². The molecule has 1 saturated carbocycles. The summed E-state index contributed by atoms with van der Waals surface area (Å²) < 4.78 is 55.7. The summed E-state index contributed by atoms with van der Waals surface area (Å²) in [5.74, 6) is -0.161. The zero-order valence-corrected chi connectivity index (χ0v) is 18.5. The van der Waals surface area contributed by atoms with E-state index >= 15 is 0 Å². The minimum atomic E-state index is -4.90. The first-order valence-corrected chi connectivity index (χ1v) is 11.7. The zero-order chi connectivity index (χ0) is 22.7. The minimum Gasteiger partial charge on any atom is -0.403 e. The lowest BCUT2D eigenvalue weighted by Gasteiger charge is -2.29. The van der Waals surface area contributed by atoms with Crippen LogP contribution < -0.4 is 4.74 Å². The highest BCUT2D eigenvalue weighted by molar-refractivity contribution is 5.71. The van der Waals surface area contributed by atoms with Gasteiger partial charge in [-0.05, 0) is 84.3 Å². The smallest absolute Gasteiger partial charge is 0.403 e. The molecule has 0 bridgehead atoms. The molecule has 0 spiro atoms. The number of ether oxygens (including phenoxy) is 1. The molecule has 0 heterocycles. The van der Waals surface area contributed by atoms with Crippen molar-refractivity contribution in [2.75, 3.05) is 0 Å². The molecule has 32 heavy (non-hydrogen) atoms. The third-order valence-corrected chi connectivity index (χ3v) is 7.03. The molecule has 0 atom stereocenters. The third-order valence-electron chi connectivity index (χ3n) is 7.03. The second kappa shape index (κ2) is 9.68. The van der Waals surface area contributed by atoms with E-state index in [1.807, 2.05) is 6.08 Å². The highest BCUT2D eigenvalue weighted by Crippen LogP contribution is 2.39. The van der Waals surface area contributed by atoms with Gasteiger partial charge in [-0.2, -0.15) is 0 Å².